The summed E-state index contributed by atoms with van der Waals surface area (Å²) in [7, 11) is 0. The Morgan fingerprint density at radius 3 is 2.46 bits per heavy atom. The van der Waals surface area contributed by atoms with E-state index in [2.05, 4.69) is 5.16 Å². The van der Waals surface area contributed by atoms with Gasteiger partial charge in [0.1, 0.15) is 11.4 Å². The topological polar surface area (TPSA) is 110 Å². The van der Waals surface area contributed by atoms with Crippen molar-refractivity contribution in [3.8, 4) is 11.3 Å². The molecule has 1 N–H and O–H groups in total. The van der Waals surface area contributed by atoms with Crippen LogP contribution < -0.4 is 4.90 Å². The largest absolute Gasteiger partial charge is 0.465 e. The molecule has 1 aromatic heterocycles. The second-order valence-electron chi connectivity index (χ2n) is 6.09. The number of nitro benzene ring substituents is 1. The van der Waals surface area contributed by atoms with Crippen molar-refractivity contribution < 1.29 is 19.3 Å². The molecule has 8 nitrogen and oxygen atoms in total. The number of carboxylic acid groups (broad SMARTS) is 1. The van der Waals surface area contributed by atoms with Crippen LogP contribution in [-0.4, -0.2) is 21.3 Å². The molecule has 144 valence electrons. The van der Waals surface area contributed by atoms with Crippen LogP contribution in [0, 0.1) is 17.0 Å². The molecule has 0 aliphatic rings. The van der Waals surface area contributed by atoms with E-state index in [1.807, 2.05) is 0 Å². The summed E-state index contributed by atoms with van der Waals surface area (Å²) in [4.78, 5) is 23.6. The summed E-state index contributed by atoms with van der Waals surface area (Å²) in [6.45, 7) is 3.31. The second-order valence-corrected chi connectivity index (χ2v) is 6.50. The minimum absolute atomic E-state index is 0.0787. The van der Waals surface area contributed by atoms with Crippen molar-refractivity contribution in [1.29, 1.82) is 0 Å². The van der Waals surface area contributed by atoms with E-state index in [4.69, 9.17) is 16.1 Å². The molecule has 0 saturated carbocycles. The smallest absolute Gasteiger partial charge is 0.412 e. The van der Waals surface area contributed by atoms with Crippen molar-refractivity contribution in [1.82, 2.24) is 5.16 Å². The molecule has 1 atom stereocenters. The van der Waals surface area contributed by atoms with Crippen molar-refractivity contribution >= 4 is 29.1 Å². The van der Waals surface area contributed by atoms with Crippen molar-refractivity contribution in [3.05, 3.63) is 75.0 Å². The summed E-state index contributed by atoms with van der Waals surface area (Å²) >= 11 is 6.25. The Labute approximate surface area is 165 Å². The summed E-state index contributed by atoms with van der Waals surface area (Å²) in [6, 6.07) is 12.0. The van der Waals surface area contributed by atoms with Gasteiger partial charge in [0.25, 0.3) is 5.69 Å². The van der Waals surface area contributed by atoms with Crippen molar-refractivity contribution in [2.24, 2.45) is 0 Å². The normalized spacial score (nSPS) is 11.8. The first-order valence-electron chi connectivity index (χ1n) is 8.29. The molecule has 0 fully saturated rings. The fourth-order valence-electron chi connectivity index (χ4n) is 2.99. The van der Waals surface area contributed by atoms with Gasteiger partial charge in [-0.05, 0) is 37.6 Å². The number of amides is 1. The van der Waals surface area contributed by atoms with Gasteiger partial charge in [0.15, 0.2) is 5.76 Å². The van der Waals surface area contributed by atoms with Crippen LogP contribution in [0.4, 0.5) is 16.2 Å². The van der Waals surface area contributed by atoms with Crippen molar-refractivity contribution in [3.63, 3.8) is 0 Å². The molecule has 0 bridgehead atoms. The highest BCUT2D eigenvalue weighted by Gasteiger charge is 2.31. The monoisotopic (exact) mass is 401 g/mol. The quantitative estimate of drug-likeness (QED) is 0.449. The third-order valence-electron chi connectivity index (χ3n) is 4.37. The van der Waals surface area contributed by atoms with Gasteiger partial charge in [0, 0.05) is 22.7 Å². The van der Waals surface area contributed by atoms with Gasteiger partial charge in [-0.2, -0.15) is 0 Å². The summed E-state index contributed by atoms with van der Waals surface area (Å²) in [5.74, 6) is 0.301. The van der Waals surface area contributed by atoms with E-state index < -0.39 is 17.1 Å². The fraction of sp³-hybridized carbons (Fsp3) is 0.158. The molecular weight excluding hydrogens is 386 g/mol. The maximum atomic E-state index is 12.1. The van der Waals surface area contributed by atoms with Crippen LogP contribution in [-0.2, 0) is 0 Å². The number of halogens is 1. The van der Waals surface area contributed by atoms with Crippen molar-refractivity contribution in [2.45, 2.75) is 19.9 Å². The lowest BCUT2D eigenvalue weighted by Gasteiger charge is -2.27. The Morgan fingerprint density at radius 2 is 1.89 bits per heavy atom. The van der Waals surface area contributed by atoms with Crippen LogP contribution in [0.1, 0.15) is 24.3 Å². The number of nitrogens with zero attached hydrogens (tertiary/aromatic N) is 3. The molecule has 0 radical (unpaired) electrons. The van der Waals surface area contributed by atoms with Gasteiger partial charge in [0.05, 0.1) is 11.0 Å². The van der Waals surface area contributed by atoms with E-state index >= 15 is 0 Å². The molecule has 1 unspecified atom stereocenters. The molecule has 1 amide bonds. The Kier molecular flexibility index (Phi) is 5.32. The summed E-state index contributed by atoms with van der Waals surface area (Å²) in [6.07, 6.45) is -1.21. The highest BCUT2D eigenvalue weighted by atomic mass is 35.5. The number of carbonyl (C=O) groups is 1. The molecule has 28 heavy (non-hydrogen) atoms. The van der Waals surface area contributed by atoms with E-state index in [0.29, 0.717) is 21.9 Å². The predicted octanol–water partition coefficient (Wildman–Crippen LogP) is 5.46. The van der Waals surface area contributed by atoms with Crippen LogP contribution >= 0.6 is 11.6 Å². The predicted molar refractivity (Wildman–Crippen MR) is 104 cm³/mol. The maximum Gasteiger partial charge on any atom is 0.412 e. The van der Waals surface area contributed by atoms with E-state index in [-0.39, 0.29) is 17.1 Å². The van der Waals surface area contributed by atoms with Gasteiger partial charge >= 0.3 is 6.09 Å². The first-order valence-corrected chi connectivity index (χ1v) is 8.66. The molecule has 0 spiro atoms. The number of nitro groups is 1. The number of aryl methyl sites for hydroxylation is 1. The van der Waals surface area contributed by atoms with Crippen LogP contribution in [0.25, 0.3) is 11.3 Å². The SMILES string of the molecule is Cc1onc(-c2ccc([N+](=O)[O-])cc2)c1N(C(=O)O)C(C)c1ccccc1Cl. The lowest BCUT2D eigenvalue weighted by atomic mass is 10.0. The summed E-state index contributed by atoms with van der Waals surface area (Å²) < 4.78 is 5.25. The minimum atomic E-state index is -1.21. The average Bonchev–Trinajstić information content (AvgIpc) is 3.03. The first-order chi connectivity index (χ1) is 13.3. The number of non-ortho nitro benzene ring substituents is 1. The van der Waals surface area contributed by atoms with Crippen LogP contribution in [0.15, 0.2) is 53.1 Å². The fourth-order valence-corrected chi connectivity index (χ4v) is 3.28. The molecule has 3 aromatic rings. The van der Waals surface area contributed by atoms with Crippen LogP contribution in [0.5, 0.6) is 0 Å². The highest BCUT2D eigenvalue weighted by molar-refractivity contribution is 6.31. The zero-order valence-corrected chi connectivity index (χ0v) is 15.8. The van der Waals surface area contributed by atoms with Crippen molar-refractivity contribution in [2.75, 3.05) is 4.90 Å². The average molecular weight is 402 g/mol. The molecule has 0 aliphatic carbocycles. The standard InChI is InChI=1S/C19H16ClN3O5/c1-11(15-5-3-4-6-16(15)20)22(19(24)25)18-12(2)28-21-17(18)13-7-9-14(10-8-13)23(26)27/h3-11H,1-2H3,(H,24,25). The van der Waals surface area contributed by atoms with Gasteiger partial charge in [-0.3, -0.25) is 15.0 Å². The van der Waals surface area contributed by atoms with Gasteiger partial charge in [-0.15, -0.1) is 0 Å². The lowest BCUT2D eigenvalue weighted by Crippen LogP contribution is -2.33. The number of rotatable bonds is 5. The zero-order valence-electron chi connectivity index (χ0n) is 15.0. The Morgan fingerprint density at radius 1 is 1.25 bits per heavy atom. The van der Waals surface area contributed by atoms with Crippen LogP contribution in [0.2, 0.25) is 5.02 Å². The number of aromatic nitrogens is 1. The Bertz CT molecular complexity index is 1030. The molecule has 3 rings (SSSR count). The van der Waals surface area contributed by atoms with Crippen LogP contribution in [0.3, 0.4) is 0 Å². The maximum absolute atomic E-state index is 12.1. The van der Waals surface area contributed by atoms with E-state index in [9.17, 15) is 20.0 Å². The first kappa shape index (κ1) is 19.4. The van der Waals surface area contributed by atoms with Gasteiger partial charge in [0.2, 0.25) is 0 Å². The molecule has 2 aromatic carbocycles. The van der Waals surface area contributed by atoms with E-state index in [0.717, 1.165) is 4.90 Å². The number of anilines is 1. The number of hydrogen-bond donors (Lipinski definition) is 1. The second kappa shape index (κ2) is 7.69. The molecule has 0 saturated heterocycles. The molecule has 0 aliphatic heterocycles. The Hall–Kier alpha value is -3.39. The Balaban J connectivity index is 2.10. The third kappa shape index (κ3) is 3.54. The van der Waals surface area contributed by atoms with Gasteiger partial charge < -0.3 is 9.63 Å². The summed E-state index contributed by atoms with van der Waals surface area (Å²) in [5.41, 5.74) is 1.57. The summed E-state index contributed by atoms with van der Waals surface area (Å²) in [5, 5.41) is 25.2. The molecule has 9 heteroatoms. The number of hydrogen-bond acceptors (Lipinski definition) is 5. The van der Waals surface area contributed by atoms with Gasteiger partial charge in [-0.25, -0.2) is 4.79 Å². The minimum Gasteiger partial charge on any atom is -0.465 e. The third-order valence-corrected chi connectivity index (χ3v) is 4.72. The van der Waals surface area contributed by atoms with E-state index in [1.165, 1.54) is 24.3 Å². The lowest BCUT2D eigenvalue weighted by molar-refractivity contribution is -0.384. The van der Waals surface area contributed by atoms with E-state index in [1.54, 1.807) is 38.1 Å². The highest BCUT2D eigenvalue weighted by Crippen LogP contribution is 2.39. The zero-order chi connectivity index (χ0) is 20.4. The molecule has 1 heterocycles. The number of benzene rings is 2. The van der Waals surface area contributed by atoms with Gasteiger partial charge in [-0.1, -0.05) is 35.0 Å². The molecular formula is C19H16ClN3O5.